The molecule has 0 aromatic heterocycles. The van der Waals surface area contributed by atoms with Crippen LogP contribution < -0.4 is 10.6 Å². The van der Waals surface area contributed by atoms with Gasteiger partial charge in [0.05, 0.1) is 16.1 Å². The summed E-state index contributed by atoms with van der Waals surface area (Å²) in [6.45, 7) is 0.679. The zero-order valence-electron chi connectivity index (χ0n) is 9.49. The Labute approximate surface area is 115 Å². The van der Waals surface area contributed by atoms with E-state index in [-0.39, 0.29) is 13.1 Å². The second-order valence-electron chi connectivity index (χ2n) is 3.68. The largest absolute Gasteiger partial charge is 0.465 e. The number of hydrogen-bond donors (Lipinski definition) is 4. The molecule has 0 saturated carbocycles. The average Bonchev–Trinajstić information content (AvgIpc) is 2.32. The summed E-state index contributed by atoms with van der Waals surface area (Å²) in [5.74, 6) is 0. The van der Waals surface area contributed by atoms with Crippen LogP contribution in [0.4, 0.5) is 4.79 Å². The smallest absolute Gasteiger partial charge is 0.404 e. The highest BCUT2D eigenvalue weighted by molar-refractivity contribution is 6.42. The lowest BCUT2D eigenvalue weighted by Gasteiger charge is -2.12. The number of aliphatic hydroxyl groups excluding tert-OH is 1. The number of nitrogens with one attached hydrogen (secondary N) is 2. The van der Waals surface area contributed by atoms with E-state index in [1.54, 1.807) is 12.1 Å². The first-order valence-corrected chi connectivity index (χ1v) is 6.04. The Kier molecular flexibility index (Phi) is 6.21. The van der Waals surface area contributed by atoms with Gasteiger partial charge >= 0.3 is 6.09 Å². The zero-order valence-corrected chi connectivity index (χ0v) is 11.0. The van der Waals surface area contributed by atoms with Crippen molar-refractivity contribution in [2.45, 2.75) is 12.6 Å². The molecule has 5 nitrogen and oxygen atoms in total. The van der Waals surface area contributed by atoms with Crippen molar-refractivity contribution in [3.63, 3.8) is 0 Å². The van der Waals surface area contributed by atoms with Crippen LogP contribution in [0.25, 0.3) is 0 Å². The van der Waals surface area contributed by atoms with Crippen LogP contribution in [0.5, 0.6) is 0 Å². The van der Waals surface area contributed by atoms with Gasteiger partial charge in [-0.25, -0.2) is 4.79 Å². The van der Waals surface area contributed by atoms with E-state index in [1.807, 2.05) is 6.07 Å². The summed E-state index contributed by atoms with van der Waals surface area (Å²) in [5, 5.41) is 23.8. The lowest BCUT2D eigenvalue weighted by molar-refractivity contribution is 0.155. The first kappa shape index (κ1) is 15.0. The Balaban J connectivity index is 2.33. The third-order valence-electron chi connectivity index (χ3n) is 2.22. The van der Waals surface area contributed by atoms with Gasteiger partial charge in [0, 0.05) is 19.6 Å². The molecule has 1 aromatic carbocycles. The van der Waals surface area contributed by atoms with Gasteiger partial charge in [-0.05, 0) is 11.6 Å². The SMILES string of the molecule is O=C(O)NCC(O)CNCc1cccc(Cl)c1Cl. The van der Waals surface area contributed by atoms with Crippen molar-refractivity contribution in [1.29, 1.82) is 0 Å². The predicted molar refractivity (Wildman–Crippen MR) is 70.2 cm³/mol. The molecule has 1 unspecified atom stereocenters. The maximum atomic E-state index is 10.2. The number of rotatable bonds is 6. The Morgan fingerprint density at radius 3 is 2.72 bits per heavy atom. The number of amides is 1. The van der Waals surface area contributed by atoms with Gasteiger partial charge in [-0.2, -0.15) is 0 Å². The van der Waals surface area contributed by atoms with Gasteiger partial charge in [-0.1, -0.05) is 35.3 Å². The maximum Gasteiger partial charge on any atom is 0.404 e. The van der Waals surface area contributed by atoms with Gasteiger partial charge in [-0.15, -0.1) is 0 Å². The third-order valence-corrected chi connectivity index (χ3v) is 3.07. The normalized spacial score (nSPS) is 12.2. The predicted octanol–water partition coefficient (Wildman–Crippen LogP) is 1.71. The van der Waals surface area contributed by atoms with Crippen molar-refractivity contribution in [1.82, 2.24) is 10.6 Å². The van der Waals surface area contributed by atoms with Crippen molar-refractivity contribution >= 4 is 29.3 Å². The zero-order chi connectivity index (χ0) is 13.5. The molecule has 1 rings (SSSR count). The highest BCUT2D eigenvalue weighted by Gasteiger charge is 2.07. The number of benzene rings is 1. The van der Waals surface area contributed by atoms with Crippen LogP contribution in [0.2, 0.25) is 10.0 Å². The molecule has 4 N–H and O–H groups in total. The van der Waals surface area contributed by atoms with Gasteiger partial charge in [0.15, 0.2) is 0 Å². The van der Waals surface area contributed by atoms with Gasteiger partial charge in [0.25, 0.3) is 0 Å². The molecule has 0 saturated heterocycles. The highest BCUT2D eigenvalue weighted by atomic mass is 35.5. The first-order valence-electron chi connectivity index (χ1n) is 5.29. The average molecular weight is 293 g/mol. The molecule has 0 bridgehead atoms. The lowest BCUT2D eigenvalue weighted by Crippen LogP contribution is -2.37. The van der Waals surface area contributed by atoms with E-state index in [0.717, 1.165) is 5.56 Å². The molecule has 0 radical (unpaired) electrons. The van der Waals surface area contributed by atoms with Crippen LogP contribution in [0.15, 0.2) is 18.2 Å². The fourth-order valence-electron chi connectivity index (χ4n) is 1.34. The van der Waals surface area contributed by atoms with E-state index < -0.39 is 12.2 Å². The standard InChI is InChI=1S/C11H14Cl2N2O3/c12-9-3-1-2-7(10(9)13)4-14-5-8(16)6-15-11(17)18/h1-3,8,14-16H,4-6H2,(H,17,18). The Bertz CT molecular complexity index is 415. The number of halogens is 2. The summed E-state index contributed by atoms with van der Waals surface area (Å²) in [6.07, 6.45) is -1.95. The topological polar surface area (TPSA) is 81.6 Å². The van der Waals surface area contributed by atoms with Crippen LogP contribution in [-0.4, -0.2) is 35.5 Å². The monoisotopic (exact) mass is 292 g/mol. The van der Waals surface area contributed by atoms with E-state index in [9.17, 15) is 9.90 Å². The van der Waals surface area contributed by atoms with Crippen LogP contribution >= 0.6 is 23.2 Å². The Morgan fingerprint density at radius 2 is 2.06 bits per heavy atom. The fourth-order valence-corrected chi connectivity index (χ4v) is 1.72. The van der Waals surface area contributed by atoms with Gasteiger partial charge in [-0.3, -0.25) is 0 Å². The quantitative estimate of drug-likeness (QED) is 0.643. The van der Waals surface area contributed by atoms with E-state index in [1.165, 1.54) is 0 Å². The minimum absolute atomic E-state index is 0.0222. The summed E-state index contributed by atoms with van der Waals surface area (Å²) in [6, 6.07) is 5.30. The van der Waals surface area contributed by atoms with E-state index >= 15 is 0 Å². The summed E-state index contributed by atoms with van der Waals surface area (Å²) in [5.41, 5.74) is 0.822. The minimum Gasteiger partial charge on any atom is -0.465 e. The second kappa shape index (κ2) is 7.43. The molecule has 0 heterocycles. The first-order chi connectivity index (χ1) is 8.50. The van der Waals surface area contributed by atoms with Crippen molar-refractivity contribution < 1.29 is 15.0 Å². The molecule has 0 aliphatic carbocycles. The number of carbonyl (C=O) groups is 1. The Hall–Kier alpha value is -1.01. The maximum absolute atomic E-state index is 10.2. The van der Waals surface area contributed by atoms with Crippen LogP contribution in [0.1, 0.15) is 5.56 Å². The van der Waals surface area contributed by atoms with Crippen molar-refractivity contribution in [3.8, 4) is 0 Å². The summed E-state index contributed by atoms with van der Waals surface area (Å²) in [7, 11) is 0. The molecule has 100 valence electrons. The van der Waals surface area contributed by atoms with E-state index in [4.69, 9.17) is 28.3 Å². The van der Waals surface area contributed by atoms with E-state index in [2.05, 4.69) is 10.6 Å². The number of aliphatic hydroxyl groups is 1. The molecule has 18 heavy (non-hydrogen) atoms. The van der Waals surface area contributed by atoms with Crippen molar-refractivity contribution in [2.24, 2.45) is 0 Å². The van der Waals surface area contributed by atoms with Crippen LogP contribution in [0, 0.1) is 0 Å². The summed E-state index contributed by atoms with van der Waals surface area (Å²) in [4.78, 5) is 10.2. The minimum atomic E-state index is -1.16. The van der Waals surface area contributed by atoms with Crippen LogP contribution in [-0.2, 0) is 6.54 Å². The van der Waals surface area contributed by atoms with E-state index in [0.29, 0.717) is 16.6 Å². The van der Waals surface area contributed by atoms with Crippen molar-refractivity contribution in [3.05, 3.63) is 33.8 Å². The highest BCUT2D eigenvalue weighted by Crippen LogP contribution is 2.25. The number of hydrogen-bond acceptors (Lipinski definition) is 3. The molecule has 1 amide bonds. The number of carboxylic acid groups (broad SMARTS) is 1. The summed E-state index contributed by atoms with van der Waals surface area (Å²) >= 11 is 11.8. The van der Waals surface area contributed by atoms with Gasteiger partial charge < -0.3 is 20.8 Å². The molecular weight excluding hydrogens is 279 g/mol. The molecule has 1 aromatic rings. The molecule has 1 atom stereocenters. The van der Waals surface area contributed by atoms with Gasteiger partial charge in [0.2, 0.25) is 0 Å². The molecular formula is C11H14Cl2N2O3. The lowest BCUT2D eigenvalue weighted by atomic mass is 10.2. The fraction of sp³-hybridized carbons (Fsp3) is 0.364. The van der Waals surface area contributed by atoms with Gasteiger partial charge in [0.1, 0.15) is 0 Å². The summed E-state index contributed by atoms with van der Waals surface area (Å²) < 4.78 is 0. The third kappa shape index (κ3) is 5.10. The molecule has 7 heteroatoms. The van der Waals surface area contributed by atoms with Crippen LogP contribution in [0.3, 0.4) is 0 Å². The molecule has 0 fully saturated rings. The molecule has 0 aliphatic heterocycles. The Morgan fingerprint density at radius 1 is 1.33 bits per heavy atom. The molecule has 0 aliphatic rings. The second-order valence-corrected chi connectivity index (χ2v) is 4.47. The van der Waals surface area contributed by atoms with Crippen molar-refractivity contribution in [2.75, 3.05) is 13.1 Å². The molecule has 0 spiro atoms.